The van der Waals surface area contributed by atoms with Crippen molar-refractivity contribution in [3.05, 3.63) is 77.3 Å². The lowest BCUT2D eigenvalue weighted by atomic mass is 9.80. The summed E-state index contributed by atoms with van der Waals surface area (Å²) in [7, 11) is 0. The molecule has 5 N–H and O–H groups in total. The van der Waals surface area contributed by atoms with E-state index >= 15 is 0 Å². The average molecular weight is 987 g/mol. The molecule has 71 heavy (non-hydrogen) atoms. The van der Waals surface area contributed by atoms with E-state index < -0.39 is 29.5 Å². The van der Waals surface area contributed by atoms with Crippen molar-refractivity contribution >= 4 is 69.4 Å². The van der Waals surface area contributed by atoms with Crippen molar-refractivity contribution in [2.24, 2.45) is 5.41 Å². The maximum Gasteiger partial charge on any atom is 0.268 e. The molecule has 3 aliphatic heterocycles. The van der Waals surface area contributed by atoms with E-state index in [2.05, 4.69) is 45.7 Å². The van der Waals surface area contributed by atoms with Crippen LogP contribution in [0.25, 0.3) is 21.5 Å². The lowest BCUT2D eigenvalue weighted by molar-refractivity contribution is -0.144. The summed E-state index contributed by atoms with van der Waals surface area (Å²) in [5.74, 6) is -0.122. The number of hydrogen-bond donors (Lipinski definition) is 5. The SMILES string of the molecule is Cc1ncsc1-c1ccc([C@H](C)NC(=O)[C@@H]2C[C@@H](O)CN2C(=O)[C@@H](NC(=O)CCCCC(=O)N2CCN(c3ccc(Nc4ncc5cc6n(c5n4)C4(CCCCC4)CNC6=O)nc3)CC2)C(C)(C)C)cc1. The number of β-amino-alcohol motifs (C(OH)–C–C–N with tert-alkyl or cyclic N) is 1. The van der Waals surface area contributed by atoms with Crippen LogP contribution in [0.4, 0.5) is 17.5 Å². The number of nitrogens with zero attached hydrogens (tertiary/aromatic N) is 8. The molecule has 5 aromatic rings. The summed E-state index contributed by atoms with van der Waals surface area (Å²) < 4.78 is 2.15. The van der Waals surface area contributed by atoms with Crippen LogP contribution in [0.1, 0.15) is 120 Å². The van der Waals surface area contributed by atoms with Gasteiger partial charge in [0, 0.05) is 70.1 Å². The summed E-state index contributed by atoms with van der Waals surface area (Å²) in [6, 6.07) is 11.5. The van der Waals surface area contributed by atoms with Crippen LogP contribution in [0.5, 0.6) is 0 Å². The molecule has 18 nitrogen and oxygen atoms in total. The first-order valence-corrected chi connectivity index (χ1v) is 26.0. The molecule has 0 bridgehead atoms. The van der Waals surface area contributed by atoms with Gasteiger partial charge in [-0.2, -0.15) is 4.98 Å². The number of aliphatic hydroxyl groups is 1. The first kappa shape index (κ1) is 49.5. The highest BCUT2D eigenvalue weighted by atomic mass is 32.1. The molecule has 4 atom stereocenters. The number of carbonyl (C=O) groups excluding carboxylic acids is 5. The van der Waals surface area contributed by atoms with E-state index in [0.717, 1.165) is 64.1 Å². The molecule has 4 aromatic heterocycles. The second kappa shape index (κ2) is 20.7. The van der Waals surface area contributed by atoms with Crippen molar-refractivity contribution in [1.82, 2.24) is 50.3 Å². The van der Waals surface area contributed by atoms with E-state index in [1.54, 1.807) is 23.7 Å². The quantitative estimate of drug-likeness (QED) is 0.0812. The third-order valence-electron chi connectivity index (χ3n) is 14.7. The van der Waals surface area contributed by atoms with Crippen molar-refractivity contribution in [3.63, 3.8) is 0 Å². The van der Waals surface area contributed by atoms with Crippen LogP contribution in [0, 0.1) is 12.3 Å². The fourth-order valence-corrected chi connectivity index (χ4v) is 11.5. The number of nitrogens with one attached hydrogen (secondary N) is 4. The second-order valence-electron chi connectivity index (χ2n) is 20.8. The lowest BCUT2D eigenvalue weighted by Crippen LogP contribution is -2.57. The van der Waals surface area contributed by atoms with Gasteiger partial charge in [0.25, 0.3) is 5.91 Å². The highest BCUT2D eigenvalue weighted by molar-refractivity contribution is 7.13. The number of anilines is 3. The molecule has 3 fully saturated rings. The van der Waals surface area contributed by atoms with Gasteiger partial charge < -0.3 is 45.6 Å². The fraction of sp³-hybridized carbons (Fsp3) is 0.519. The summed E-state index contributed by atoms with van der Waals surface area (Å²) in [6.45, 7) is 12.5. The predicted molar refractivity (Wildman–Crippen MR) is 272 cm³/mol. The largest absolute Gasteiger partial charge is 0.391 e. The number of piperazine rings is 1. The van der Waals surface area contributed by atoms with Crippen molar-refractivity contribution in [1.29, 1.82) is 0 Å². The zero-order valence-electron chi connectivity index (χ0n) is 41.4. The van der Waals surface area contributed by atoms with Gasteiger partial charge in [0.05, 0.1) is 45.7 Å². The number of likely N-dealkylation sites (tertiary alicyclic amines) is 1. The number of hydrogen-bond acceptors (Lipinski definition) is 13. The van der Waals surface area contributed by atoms with Gasteiger partial charge in [0.15, 0.2) is 0 Å². The van der Waals surface area contributed by atoms with Crippen LogP contribution in [0.15, 0.2) is 60.4 Å². The molecule has 5 amide bonds. The minimum atomic E-state index is -0.933. The summed E-state index contributed by atoms with van der Waals surface area (Å²) in [6.07, 6.45) is 9.65. The van der Waals surface area contributed by atoms with Gasteiger partial charge in [-0.3, -0.25) is 24.0 Å². The van der Waals surface area contributed by atoms with Gasteiger partial charge >= 0.3 is 0 Å². The van der Waals surface area contributed by atoms with Crippen molar-refractivity contribution in [2.75, 3.05) is 49.5 Å². The smallest absolute Gasteiger partial charge is 0.268 e. The van der Waals surface area contributed by atoms with Crippen LogP contribution in [-0.4, -0.2) is 126 Å². The number of aromatic nitrogens is 5. The Kier molecular flexibility index (Phi) is 14.4. The average Bonchev–Trinajstić information content (AvgIpc) is 4.10. The molecule has 1 aromatic carbocycles. The minimum absolute atomic E-state index is 0.0112. The van der Waals surface area contributed by atoms with Crippen LogP contribution in [-0.2, 0) is 24.7 Å². The van der Waals surface area contributed by atoms with Gasteiger partial charge in [-0.05, 0) is 74.3 Å². The molecular formula is C52H66N12O6S. The zero-order valence-corrected chi connectivity index (χ0v) is 42.2. The Morgan fingerprint density at radius 1 is 0.930 bits per heavy atom. The van der Waals surface area contributed by atoms with Gasteiger partial charge in [-0.15, -0.1) is 11.3 Å². The number of aryl methyl sites for hydroxylation is 1. The van der Waals surface area contributed by atoms with E-state index in [-0.39, 0.29) is 54.6 Å². The molecule has 1 saturated carbocycles. The van der Waals surface area contributed by atoms with Gasteiger partial charge in [0.2, 0.25) is 29.6 Å². The Morgan fingerprint density at radius 3 is 2.37 bits per heavy atom. The normalized spacial score (nSPS) is 19.8. The monoisotopic (exact) mass is 986 g/mol. The molecule has 376 valence electrons. The Labute approximate surface area is 418 Å². The van der Waals surface area contributed by atoms with Crippen LogP contribution in [0.3, 0.4) is 0 Å². The maximum atomic E-state index is 14.2. The van der Waals surface area contributed by atoms with E-state index in [1.165, 1.54) is 11.3 Å². The summed E-state index contributed by atoms with van der Waals surface area (Å²) in [4.78, 5) is 92.3. The van der Waals surface area contributed by atoms with E-state index in [1.807, 2.05) is 87.5 Å². The molecule has 19 heteroatoms. The Bertz CT molecular complexity index is 2760. The number of amides is 5. The number of unbranched alkanes of at least 4 members (excludes halogenated alkanes) is 1. The van der Waals surface area contributed by atoms with E-state index in [0.29, 0.717) is 69.4 Å². The topological polar surface area (TPSA) is 220 Å². The molecule has 2 saturated heterocycles. The molecule has 9 rings (SSSR count). The fourth-order valence-electron chi connectivity index (χ4n) is 10.7. The standard InChI is InChI=1S/C52H66N12O6S/c1-32(34-13-15-35(16-14-34)44-33(2)56-31-71-44)57-48(69)39-26-38(65)29-63(39)49(70)45(51(3,4)5)59-42(66)11-7-8-12-43(67)62-23-21-61(22-24-62)37-17-18-41(53-28-37)58-50-54-27-36-25-40-47(68)55-30-52(19-9-6-10-20-52)64(40)46(36)60-50/h13-18,25,27-28,31-32,38-39,45,65H,6-12,19-24,26,29-30H2,1-5H3,(H,55,68)(H,57,69)(H,59,66)(H,53,54,58,60)/t32-,38+,39-,45+/m0/s1. The van der Waals surface area contributed by atoms with Gasteiger partial charge in [-0.25, -0.2) is 15.0 Å². The van der Waals surface area contributed by atoms with Crippen LogP contribution >= 0.6 is 11.3 Å². The second-order valence-corrected chi connectivity index (χ2v) is 21.6. The number of benzene rings is 1. The summed E-state index contributed by atoms with van der Waals surface area (Å²) >= 11 is 1.58. The van der Waals surface area contributed by atoms with Crippen molar-refractivity contribution in [2.45, 2.75) is 129 Å². The highest BCUT2D eigenvalue weighted by Crippen LogP contribution is 2.40. The number of aliphatic hydroxyl groups excluding tert-OH is 1. The van der Waals surface area contributed by atoms with Gasteiger partial charge in [-0.1, -0.05) is 64.3 Å². The van der Waals surface area contributed by atoms with E-state index in [9.17, 15) is 29.1 Å². The molecule has 1 spiro atoms. The number of carbonyl (C=O) groups is 5. The number of pyridine rings is 1. The third-order valence-corrected chi connectivity index (χ3v) is 15.7. The highest BCUT2D eigenvalue weighted by Gasteiger charge is 2.45. The molecule has 1 aliphatic carbocycles. The Balaban J connectivity index is 0.716. The summed E-state index contributed by atoms with van der Waals surface area (Å²) in [5, 5.41) is 23.8. The molecule has 7 heterocycles. The molecular weight excluding hydrogens is 921 g/mol. The van der Waals surface area contributed by atoms with Crippen LogP contribution < -0.4 is 26.2 Å². The predicted octanol–water partition coefficient (Wildman–Crippen LogP) is 5.98. The van der Waals surface area contributed by atoms with Crippen LogP contribution in [0.2, 0.25) is 0 Å². The van der Waals surface area contributed by atoms with Gasteiger partial charge in [0.1, 0.15) is 29.2 Å². The Hall–Kier alpha value is -6.47. The molecule has 0 radical (unpaired) electrons. The lowest BCUT2D eigenvalue weighted by Gasteiger charge is -2.42. The Morgan fingerprint density at radius 2 is 1.68 bits per heavy atom. The van der Waals surface area contributed by atoms with Crippen molar-refractivity contribution in [3.8, 4) is 10.4 Å². The number of fused-ring (bicyclic) bond motifs is 4. The number of thiazole rings is 1. The van der Waals surface area contributed by atoms with Crippen molar-refractivity contribution < 1.29 is 29.1 Å². The van der Waals surface area contributed by atoms with E-state index in [4.69, 9.17) is 4.98 Å². The molecule has 0 unspecified atom stereocenters. The maximum absolute atomic E-state index is 14.2. The first-order valence-electron chi connectivity index (χ1n) is 25.1. The third kappa shape index (κ3) is 10.8. The minimum Gasteiger partial charge on any atom is -0.391 e. The number of rotatable bonds is 14. The first-order chi connectivity index (χ1) is 34.1. The molecule has 4 aliphatic rings. The summed E-state index contributed by atoms with van der Waals surface area (Å²) in [5.41, 5.74) is 6.21. The zero-order chi connectivity index (χ0) is 50.0.